The summed E-state index contributed by atoms with van der Waals surface area (Å²) in [5.41, 5.74) is 0.745. The molecule has 3 rings (SSSR count). The van der Waals surface area contributed by atoms with Crippen LogP contribution < -0.4 is 5.32 Å². The van der Waals surface area contributed by atoms with E-state index in [-0.39, 0.29) is 5.60 Å². The Morgan fingerprint density at radius 1 is 1.06 bits per heavy atom. The van der Waals surface area contributed by atoms with Gasteiger partial charge in [-0.25, -0.2) is 0 Å². The minimum atomic E-state index is 0.203. The minimum Gasteiger partial charge on any atom is -0.372 e. The van der Waals surface area contributed by atoms with E-state index in [1.165, 1.54) is 38.5 Å². The van der Waals surface area contributed by atoms with Crippen molar-refractivity contribution in [1.82, 2.24) is 5.32 Å². The van der Waals surface area contributed by atoms with Gasteiger partial charge in [-0.05, 0) is 49.9 Å². The van der Waals surface area contributed by atoms with Crippen LogP contribution in [0.15, 0.2) is 0 Å². The Balaban J connectivity index is 1.74. The van der Waals surface area contributed by atoms with Gasteiger partial charge in [0, 0.05) is 12.6 Å². The van der Waals surface area contributed by atoms with E-state index >= 15 is 0 Å². The van der Waals surface area contributed by atoms with Gasteiger partial charge < -0.3 is 10.1 Å². The Bertz CT molecular complexity index is 260. The second-order valence-electron chi connectivity index (χ2n) is 6.85. The summed E-state index contributed by atoms with van der Waals surface area (Å²) in [5, 5.41) is 3.74. The summed E-state index contributed by atoms with van der Waals surface area (Å²) in [6.07, 6.45) is 8.05. The van der Waals surface area contributed by atoms with Crippen molar-refractivity contribution in [3.63, 3.8) is 0 Å². The predicted molar refractivity (Wildman–Crippen MR) is 65.4 cm³/mol. The van der Waals surface area contributed by atoms with Crippen LogP contribution in [0.1, 0.15) is 52.4 Å². The van der Waals surface area contributed by atoms with E-state index in [1.54, 1.807) is 0 Å². The number of hydrogen-bond donors (Lipinski definition) is 1. The van der Waals surface area contributed by atoms with Gasteiger partial charge in [-0.15, -0.1) is 0 Å². The average molecular weight is 223 g/mol. The number of rotatable bonds is 1. The fraction of sp³-hybridized carbons (Fsp3) is 1.00. The predicted octanol–water partition coefficient (Wildman–Crippen LogP) is 2.72. The first-order chi connectivity index (χ1) is 7.61. The van der Waals surface area contributed by atoms with E-state index in [0.717, 1.165) is 19.1 Å². The number of nitrogens with one attached hydrogen (secondary N) is 1. The van der Waals surface area contributed by atoms with Gasteiger partial charge >= 0.3 is 0 Å². The van der Waals surface area contributed by atoms with Crippen LogP contribution in [0.4, 0.5) is 0 Å². The summed E-state index contributed by atoms with van der Waals surface area (Å²) in [6.45, 7) is 6.79. The van der Waals surface area contributed by atoms with E-state index in [1.807, 2.05) is 0 Å². The van der Waals surface area contributed by atoms with Gasteiger partial charge in [0.15, 0.2) is 0 Å². The standard InChI is InChI=1S/C14H25NO/c1-13(2)5-7-14(8-6-13)12(11-3-4-11)15-9-10-16-14/h11-12,15H,3-10H2,1-2H3. The van der Waals surface area contributed by atoms with Crippen molar-refractivity contribution in [2.75, 3.05) is 13.2 Å². The van der Waals surface area contributed by atoms with Gasteiger partial charge in [0.25, 0.3) is 0 Å². The Hall–Kier alpha value is -0.0800. The zero-order chi connectivity index (χ0) is 11.2. The summed E-state index contributed by atoms with van der Waals surface area (Å²) in [6, 6.07) is 0.664. The molecule has 2 saturated carbocycles. The third-order valence-electron chi connectivity index (χ3n) is 4.97. The number of hydrogen-bond acceptors (Lipinski definition) is 2. The van der Waals surface area contributed by atoms with Gasteiger partial charge in [0.2, 0.25) is 0 Å². The first kappa shape index (κ1) is 11.0. The molecule has 1 atom stereocenters. The first-order valence-corrected chi connectivity index (χ1v) is 6.99. The molecule has 1 unspecified atom stereocenters. The molecule has 0 aromatic rings. The summed E-state index contributed by atoms with van der Waals surface area (Å²) >= 11 is 0. The maximum Gasteiger partial charge on any atom is 0.0838 e. The van der Waals surface area contributed by atoms with Crippen LogP contribution in [-0.4, -0.2) is 24.8 Å². The molecular weight excluding hydrogens is 198 g/mol. The van der Waals surface area contributed by atoms with Gasteiger partial charge in [-0.2, -0.15) is 0 Å². The molecule has 2 nitrogen and oxygen atoms in total. The Morgan fingerprint density at radius 3 is 2.38 bits per heavy atom. The van der Waals surface area contributed by atoms with E-state index in [2.05, 4.69) is 19.2 Å². The second-order valence-corrected chi connectivity index (χ2v) is 6.85. The SMILES string of the molecule is CC1(C)CCC2(CC1)OCCNC2C1CC1. The van der Waals surface area contributed by atoms with Crippen LogP contribution >= 0.6 is 0 Å². The maximum atomic E-state index is 6.25. The van der Waals surface area contributed by atoms with Crippen molar-refractivity contribution in [2.24, 2.45) is 11.3 Å². The molecule has 16 heavy (non-hydrogen) atoms. The molecule has 0 amide bonds. The fourth-order valence-electron chi connectivity index (χ4n) is 3.58. The largest absolute Gasteiger partial charge is 0.372 e. The van der Waals surface area contributed by atoms with Crippen LogP contribution in [0, 0.1) is 11.3 Å². The molecule has 1 aliphatic heterocycles. The van der Waals surface area contributed by atoms with Gasteiger partial charge in [-0.1, -0.05) is 13.8 Å². The lowest BCUT2D eigenvalue weighted by atomic mass is 9.67. The van der Waals surface area contributed by atoms with Crippen LogP contribution in [-0.2, 0) is 4.74 Å². The molecule has 0 radical (unpaired) electrons. The zero-order valence-corrected chi connectivity index (χ0v) is 10.7. The van der Waals surface area contributed by atoms with Crippen molar-refractivity contribution in [1.29, 1.82) is 0 Å². The molecule has 3 aliphatic rings. The molecule has 1 saturated heterocycles. The van der Waals surface area contributed by atoms with Crippen molar-refractivity contribution in [2.45, 2.75) is 64.0 Å². The highest BCUT2D eigenvalue weighted by molar-refractivity contribution is 5.06. The molecule has 1 heterocycles. The molecule has 3 fully saturated rings. The lowest BCUT2D eigenvalue weighted by Gasteiger charge is -2.50. The summed E-state index contributed by atoms with van der Waals surface area (Å²) in [7, 11) is 0. The topological polar surface area (TPSA) is 21.3 Å². The number of ether oxygens (including phenoxy) is 1. The maximum absolute atomic E-state index is 6.25. The first-order valence-electron chi connectivity index (χ1n) is 6.99. The quantitative estimate of drug-likeness (QED) is 0.738. The Morgan fingerprint density at radius 2 is 1.75 bits per heavy atom. The molecule has 0 aromatic heterocycles. The molecule has 2 aliphatic carbocycles. The molecular formula is C14H25NO. The normalized spacial score (nSPS) is 37.5. The molecule has 0 bridgehead atoms. The van der Waals surface area contributed by atoms with E-state index in [4.69, 9.17) is 4.74 Å². The van der Waals surface area contributed by atoms with Crippen LogP contribution in [0.3, 0.4) is 0 Å². The van der Waals surface area contributed by atoms with Crippen molar-refractivity contribution < 1.29 is 4.74 Å². The highest BCUT2D eigenvalue weighted by Crippen LogP contribution is 2.49. The highest BCUT2D eigenvalue weighted by Gasteiger charge is 2.51. The molecule has 1 N–H and O–H groups in total. The lowest BCUT2D eigenvalue weighted by molar-refractivity contribution is -0.135. The van der Waals surface area contributed by atoms with Gasteiger partial charge in [0.05, 0.1) is 12.2 Å². The summed E-state index contributed by atoms with van der Waals surface area (Å²) in [4.78, 5) is 0. The molecule has 0 aromatic carbocycles. The monoisotopic (exact) mass is 223 g/mol. The average Bonchev–Trinajstić information content (AvgIpc) is 3.08. The summed E-state index contributed by atoms with van der Waals surface area (Å²) < 4.78 is 6.25. The molecule has 1 spiro atoms. The van der Waals surface area contributed by atoms with Crippen molar-refractivity contribution >= 4 is 0 Å². The Kier molecular flexibility index (Phi) is 2.56. The highest BCUT2D eigenvalue weighted by atomic mass is 16.5. The van der Waals surface area contributed by atoms with Crippen molar-refractivity contribution in [3.05, 3.63) is 0 Å². The van der Waals surface area contributed by atoms with E-state index in [0.29, 0.717) is 11.5 Å². The smallest absolute Gasteiger partial charge is 0.0838 e. The third-order valence-corrected chi connectivity index (χ3v) is 4.97. The minimum absolute atomic E-state index is 0.203. The van der Waals surface area contributed by atoms with Crippen LogP contribution in [0.5, 0.6) is 0 Å². The lowest BCUT2D eigenvalue weighted by Crippen LogP contribution is -2.60. The number of morpholine rings is 1. The van der Waals surface area contributed by atoms with Gasteiger partial charge in [0.1, 0.15) is 0 Å². The molecule has 2 heteroatoms. The van der Waals surface area contributed by atoms with Gasteiger partial charge in [-0.3, -0.25) is 0 Å². The van der Waals surface area contributed by atoms with Crippen molar-refractivity contribution in [3.8, 4) is 0 Å². The Labute approximate surface area is 99.1 Å². The summed E-state index contributed by atoms with van der Waals surface area (Å²) in [5.74, 6) is 0.918. The van der Waals surface area contributed by atoms with E-state index in [9.17, 15) is 0 Å². The third kappa shape index (κ3) is 1.91. The van der Waals surface area contributed by atoms with E-state index < -0.39 is 0 Å². The fourth-order valence-corrected chi connectivity index (χ4v) is 3.58. The second kappa shape index (κ2) is 3.71. The zero-order valence-electron chi connectivity index (χ0n) is 10.7. The molecule has 92 valence electrons. The van der Waals surface area contributed by atoms with Crippen LogP contribution in [0.25, 0.3) is 0 Å². The van der Waals surface area contributed by atoms with Crippen LogP contribution in [0.2, 0.25) is 0 Å².